The molecule has 88 valence electrons. The van der Waals surface area contributed by atoms with Crippen molar-refractivity contribution >= 4 is 23.3 Å². The van der Waals surface area contributed by atoms with Crippen molar-refractivity contribution in [1.29, 1.82) is 10.7 Å². The summed E-state index contributed by atoms with van der Waals surface area (Å²) in [6.07, 6.45) is 0. The number of carbonyl (C=O) groups is 1. The average molecular weight is 251 g/mol. The predicted molar refractivity (Wildman–Crippen MR) is 64.0 cm³/mol. The Morgan fingerprint density at radius 1 is 1.53 bits per heavy atom. The van der Waals surface area contributed by atoms with Gasteiger partial charge in [-0.3, -0.25) is 4.79 Å². The highest BCUT2D eigenvalue weighted by Gasteiger charge is 2.25. The third-order valence-corrected chi connectivity index (χ3v) is 2.35. The van der Waals surface area contributed by atoms with Crippen LogP contribution in [0.4, 0.5) is 0 Å². The smallest absolute Gasteiger partial charge is 0.329 e. The van der Waals surface area contributed by atoms with E-state index < -0.39 is 11.9 Å². The zero-order valence-corrected chi connectivity index (χ0v) is 9.99. The Labute approximate surface area is 104 Å². The summed E-state index contributed by atoms with van der Waals surface area (Å²) >= 11 is 5.71. The number of ether oxygens (including phenoxy) is 1. The van der Waals surface area contributed by atoms with Crippen LogP contribution in [-0.4, -0.2) is 18.3 Å². The van der Waals surface area contributed by atoms with Crippen LogP contribution in [-0.2, 0) is 9.53 Å². The van der Waals surface area contributed by atoms with E-state index in [2.05, 4.69) is 0 Å². The van der Waals surface area contributed by atoms with Crippen molar-refractivity contribution in [3.63, 3.8) is 0 Å². The topological polar surface area (TPSA) is 73.9 Å². The van der Waals surface area contributed by atoms with E-state index in [4.69, 9.17) is 27.0 Å². The second-order valence-electron chi connectivity index (χ2n) is 3.23. The van der Waals surface area contributed by atoms with E-state index in [1.54, 1.807) is 37.3 Å². The fourth-order valence-electron chi connectivity index (χ4n) is 1.26. The van der Waals surface area contributed by atoms with Crippen LogP contribution in [0.1, 0.15) is 12.5 Å². The van der Waals surface area contributed by atoms with E-state index in [1.807, 2.05) is 0 Å². The molecule has 1 atom stereocenters. The molecule has 1 aromatic rings. The highest BCUT2D eigenvalue weighted by Crippen LogP contribution is 2.14. The summed E-state index contributed by atoms with van der Waals surface area (Å²) in [5.41, 5.74) is 0.400. The minimum absolute atomic E-state index is 0.0809. The monoisotopic (exact) mass is 250 g/mol. The number of esters is 1. The highest BCUT2D eigenvalue weighted by molar-refractivity contribution is 6.30. The standard InChI is InChI=1S/C12H11ClN2O2/c1-2-17-12(16)10(7-14)11(15)8-3-5-9(13)6-4-8/h3-6,10,15H,2H2,1H3. The van der Waals surface area contributed by atoms with E-state index in [-0.39, 0.29) is 12.3 Å². The van der Waals surface area contributed by atoms with Gasteiger partial charge in [-0.2, -0.15) is 5.26 Å². The molecule has 0 amide bonds. The number of hydrogen-bond acceptors (Lipinski definition) is 4. The van der Waals surface area contributed by atoms with Crippen LogP contribution in [0.15, 0.2) is 24.3 Å². The van der Waals surface area contributed by atoms with E-state index in [1.165, 1.54) is 0 Å². The molecule has 0 radical (unpaired) electrons. The van der Waals surface area contributed by atoms with Gasteiger partial charge in [0.05, 0.1) is 18.4 Å². The molecule has 0 bridgehead atoms. The molecular weight excluding hydrogens is 240 g/mol. The molecule has 4 nitrogen and oxygen atoms in total. The summed E-state index contributed by atoms with van der Waals surface area (Å²) in [5.74, 6) is -1.90. The Bertz CT molecular complexity index is 462. The van der Waals surface area contributed by atoms with Crippen LogP contribution in [0.2, 0.25) is 5.02 Å². The SMILES string of the molecule is CCOC(=O)C(C#N)C(=N)c1ccc(Cl)cc1. The first kappa shape index (κ1) is 13.2. The van der Waals surface area contributed by atoms with Crippen molar-refractivity contribution in [2.45, 2.75) is 6.92 Å². The van der Waals surface area contributed by atoms with E-state index in [0.29, 0.717) is 10.6 Å². The van der Waals surface area contributed by atoms with Gasteiger partial charge in [0.1, 0.15) is 0 Å². The molecule has 0 fully saturated rings. The van der Waals surface area contributed by atoms with Crippen molar-refractivity contribution in [1.82, 2.24) is 0 Å². The molecule has 0 heterocycles. The maximum absolute atomic E-state index is 11.4. The van der Waals surface area contributed by atoms with Gasteiger partial charge in [-0.25, -0.2) is 0 Å². The number of benzene rings is 1. The molecule has 0 aliphatic carbocycles. The normalized spacial score (nSPS) is 11.4. The van der Waals surface area contributed by atoms with E-state index in [9.17, 15) is 4.79 Å². The molecule has 1 aromatic carbocycles. The molecule has 1 unspecified atom stereocenters. The Morgan fingerprint density at radius 3 is 2.59 bits per heavy atom. The quantitative estimate of drug-likeness (QED) is 0.659. The molecule has 0 aromatic heterocycles. The van der Waals surface area contributed by atoms with E-state index in [0.717, 1.165) is 0 Å². The zero-order valence-electron chi connectivity index (χ0n) is 9.24. The minimum atomic E-state index is -1.20. The van der Waals surface area contributed by atoms with Crippen LogP contribution in [0.25, 0.3) is 0 Å². The molecule has 1 N–H and O–H groups in total. The molecule has 0 aliphatic heterocycles. The lowest BCUT2D eigenvalue weighted by Crippen LogP contribution is -2.24. The fourth-order valence-corrected chi connectivity index (χ4v) is 1.38. The summed E-state index contributed by atoms with van der Waals surface area (Å²) < 4.78 is 4.73. The van der Waals surface area contributed by atoms with E-state index >= 15 is 0 Å². The average Bonchev–Trinajstić information content (AvgIpc) is 2.31. The Hall–Kier alpha value is -1.86. The number of nitriles is 1. The van der Waals surface area contributed by atoms with Crippen molar-refractivity contribution in [2.24, 2.45) is 5.92 Å². The zero-order chi connectivity index (χ0) is 12.8. The van der Waals surface area contributed by atoms with Crippen molar-refractivity contribution in [3.8, 4) is 6.07 Å². The van der Waals surface area contributed by atoms with Gasteiger partial charge in [-0.05, 0) is 24.6 Å². The van der Waals surface area contributed by atoms with Crippen LogP contribution in [0.3, 0.4) is 0 Å². The van der Waals surface area contributed by atoms with Crippen LogP contribution in [0, 0.1) is 22.7 Å². The number of carbonyl (C=O) groups excluding carboxylic acids is 1. The van der Waals surface area contributed by atoms with Crippen molar-refractivity contribution in [3.05, 3.63) is 34.9 Å². The summed E-state index contributed by atoms with van der Waals surface area (Å²) in [6.45, 7) is 1.84. The van der Waals surface area contributed by atoms with Gasteiger partial charge >= 0.3 is 5.97 Å². The first-order valence-corrected chi connectivity index (χ1v) is 5.38. The van der Waals surface area contributed by atoms with Crippen molar-refractivity contribution < 1.29 is 9.53 Å². The molecule has 1 rings (SSSR count). The second-order valence-corrected chi connectivity index (χ2v) is 3.67. The van der Waals surface area contributed by atoms with Gasteiger partial charge in [0.15, 0.2) is 5.92 Å². The summed E-state index contributed by atoms with van der Waals surface area (Å²) in [7, 11) is 0. The number of nitrogens with one attached hydrogen (secondary N) is 1. The Balaban J connectivity index is 2.91. The lowest BCUT2D eigenvalue weighted by atomic mass is 9.98. The van der Waals surface area contributed by atoms with Gasteiger partial charge < -0.3 is 10.1 Å². The van der Waals surface area contributed by atoms with Gasteiger partial charge in [0.25, 0.3) is 0 Å². The van der Waals surface area contributed by atoms with Gasteiger partial charge in [-0.1, -0.05) is 23.7 Å². The second kappa shape index (κ2) is 6.02. The third kappa shape index (κ3) is 3.30. The lowest BCUT2D eigenvalue weighted by molar-refractivity contribution is -0.143. The molecule has 0 saturated carbocycles. The Kier molecular flexibility index (Phi) is 4.68. The summed E-state index contributed by atoms with van der Waals surface area (Å²) in [6, 6.07) is 8.15. The fraction of sp³-hybridized carbons (Fsp3) is 0.250. The largest absolute Gasteiger partial charge is 0.465 e. The maximum atomic E-state index is 11.4. The summed E-state index contributed by atoms with van der Waals surface area (Å²) in [4.78, 5) is 11.4. The van der Waals surface area contributed by atoms with Gasteiger partial charge in [-0.15, -0.1) is 0 Å². The molecule has 5 heteroatoms. The van der Waals surface area contributed by atoms with Gasteiger partial charge in [0, 0.05) is 5.02 Å². The first-order valence-electron chi connectivity index (χ1n) is 5.00. The van der Waals surface area contributed by atoms with Crippen LogP contribution >= 0.6 is 11.6 Å². The number of nitrogens with zero attached hydrogens (tertiary/aromatic N) is 1. The number of hydrogen-bond donors (Lipinski definition) is 1. The Morgan fingerprint density at radius 2 is 2.12 bits per heavy atom. The van der Waals surface area contributed by atoms with Crippen molar-refractivity contribution in [2.75, 3.05) is 6.61 Å². The number of halogens is 1. The highest BCUT2D eigenvalue weighted by atomic mass is 35.5. The predicted octanol–water partition coefficient (Wildman–Crippen LogP) is 2.41. The van der Waals surface area contributed by atoms with Crippen LogP contribution < -0.4 is 0 Å². The molecule has 0 aliphatic rings. The maximum Gasteiger partial charge on any atom is 0.329 e. The number of rotatable bonds is 4. The third-order valence-electron chi connectivity index (χ3n) is 2.10. The van der Waals surface area contributed by atoms with Gasteiger partial charge in [0.2, 0.25) is 0 Å². The molecule has 0 spiro atoms. The molecular formula is C12H11ClN2O2. The first-order chi connectivity index (χ1) is 8.10. The lowest BCUT2D eigenvalue weighted by Gasteiger charge is -2.09. The summed E-state index contributed by atoms with van der Waals surface area (Å²) in [5, 5.41) is 17.2. The molecule has 17 heavy (non-hydrogen) atoms. The van der Waals surface area contributed by atoms with Crippen LogP contribution in [0.5, 0.6) is 0 Å². The minimum Gasteiger partial charge on any atom is -0.465 e. The molecule has 0 saturated heterocycles.